The summed E-state index contributed by atoms with van der Waals surface area (Å²) in [5.41, 5.74) is 6.21. The van der Waals surface area contributed by atoms with Gasteiger partial charge in [0.15, 0.2) is 0 Å². The molecule has 0 fully saturated rings. The zero-order valence-electron chi connectivity index (χ0n) is 13.9. The third-order valence-corrected chi connectivity index (χ3v) is 3.84. The molecule has 2 rings (SSSR count). The van der Waals surface area contributed by atoms with Crippen LogP contribution in [0.2, 0.25) is 10.3 Å². The van der Waals surface area contributed by atoms with Gasteiger partial charge in [-0.05, 0) is 44.0 Å². The fourth-order valence-corrected chi connectivity index (χ4v) is 2.18. The molecule has 2 aromatic heterocycles. The number of nitrogens with one attached hydrogen (secondary N) is 1. The Morgan fingerprint density at radius 1 is 1.32 bits per heavy atom. The summed E-state index contributed by atoms with van der Waals surface area (Å²) in [6.45, 7) is 4.53. The number of hydrogen-bond donors (Lipinski definition) is 2. The van der Waals surface area contributed by atoms with E-state index in [2.05, 4.69) is 26.3 Å². The predicted molar refractivity (Wildman–Crippen MR) is 97.9 cm³/mol. The molecule has 0 radical (unpaired) electrons. The first-order valence-electron chi connectivity index (χ1n) is 7.56. The fraction of sp³-hybridized carbons (Fsp3) is 0.375. The second-order valence-corrected chi connectivity index (χ2v) is 6.54. The van der Waals surface area contributed by atoms with Gasteiger partial charge in [-0.2, -0.15) is 10.2 Å². The average Bonchev–Trinajstić information content (AvgIpc) is 2.58. The monoisotopic (exact) mass is 380 g/mol. The molecule has 0 aromatic carbocycles. The van der Waals surface area contributed by atoms with E-state index in [1.807, 2.05) is 0 Å². The van der Waals surface area contributed by atoms with Crippen LogP contribution < -0.4 is 15.8 Å². The second-order valence-electron chi connectivity index (χ2n) is 5.79. The highest BCUT2D eigenvalue weighted by Crippen LogP contribution is 2.26. The van der Waals surface area contributed by atoms with Crippen molar-refractivity contribution in [1.29, 1.82) is 5.26 Å². The van der Waals surface area contributed by atoms with Gasteiger partial charge in [-0.15, -0.1) is 0 Å². The molecule has 25 heavy (non-hydrogen) atoms. The van der Waals surface area contributed by atoms with Gasteiger partial charge in [-0.1, -0.05) is 11.6 Å². The summed E-state index contributed by atoms with van der Waals surface area (Å²) in [4.78, 5) is 12.1. The number of ether oxygens (including phenoxy) is 1. The molecule has 132 valence electrons. The van der Waals surface area contributed by atoms with Crippen molar-refractivity contribution in [3.05, 3.63) is 34.3 Å². The van der Waals surface area contributed by atoms with Crippen LogP contribution in [0.15, 0.2) is 18.3 Å². The summed E-state index contributed by atoms with van der Waals surface area (Å²) in [6.07, 6.45) is 2.09. The molecule has 7 nitrogen and oxygen atoms in total. The highest BCUT2D eigenvalue weighted by Gasteiger charge is 2.22. The van der Waals surface area contributed by atoms with Gasteiger partial charge >= 0.3 is 0 Å². The Morgan fingerprint density at radius 2 is 2.08 bits per heavy atom. The number of nitriles is 1. The molecule has 0 atom stereocenters. The molecule has 2 aromatic rings. The largest absolute Gasteiger partial charge is 0.476 e. The third kappa shape index (κ3) is 5.08. The highest BCUT2D eigenvalue weighted by atomic mass is 35.5. The lowest BCUT2D eigenvalue weighted by atomic mass is 9.91. The summed E-state index contributed by atoms with van der Waals surface area (Å²) < 4.78 is 5.63. The molecule has 0 bridgehead atoms. The van der Waals surface area contributed by atoms with E-state index in [1.54, 1.807) is 26.0 Å². The van der Waals surface area contributed by atoms with Gasteiger partial charge in [0.2, 0.25) is 11.2 Å². The van der Waals surface area contributed by atoms with Crippen LogP contribution in [0.25, 0.3) is 0 Å². The number of nitrogen functional groups attached to an aromatic ring is 1. The Morgan fingerprint density at radius 3 is 2.80 bits per heavy atom. The number of hydrogen-bond acceptors (Lipinski definition) is 7. The van der Waals surface area contributed by atoms with Crippen molar-refractivity contribution in [2.24, 2.45) is 0 Å². The van der Waals surface area contributed by atoms with Crippen molar-refractivity contribution in [1.82, 2.24) is 15.0 Å². The number of aromatic nitrogens is 3. The van der Waals surface area contributed by atoms with E-state index in [4.69, 9.17) is 33.7 Å². The van der Waals surface area contributed by atoms with E-state index in [-0.39, 0.29) is 5.28 Å². The van der Waals surface area contributed by atoms with E-state index in [0.29, 0.717) is 47.7 Å². The number of anilines is 2. The Kier molecular flexibility index (Phi) is 6.23. The number of nitrogens with zero attached hydrogens (tertiary/aromatic N) is 4. The van der Waals surface area contributed by atoms with Crippen molar-refractivity contribution in [2.75, 3.05) is 24.2 Å². The first kappa shape index (κ1) is 19.0. The first-order valence-corrected chi connectivity index (χ1v) is 8.32. The maximum Gasteiger partial charge on any atom is 0.237 e. The lowest BCUT2D eigenvalue weighted by Crippen LogP contribution is -2.17. The van der Waals surface area contributed by atoms with Crippen LogP contribution in [0.1, 0.15) is 26.0 Å². The number of rotatable bonds is 7. The molecule has 0 amide bonds. The fourth-order valence-electron chi connectivity index (χ4n) is 1.89. The van der Waals surface area contributed by atoms with Crippen molar-refractivity contribution in [3.8, 4) is 11.9 Å². The van der Waals surface area contributed by atoms with E-state index in [9.17, 15) is 5.26 Å². The normalized spacial score (nSPS) is 11.0. The van der Waals surface area contributed by atoms with E-state index >= 15 is 0 Å². The van der Waals surface area contributed by atoms with Gasteiger partial charge in [-0.3, -0.25) is 0 Å². The van der Waals surface area contributed by atoms with Crippen LogP contribution in [0.4, 0.5) is 11.5 Å². The average molecular weight is 381 g/mol. The minimum Gasteiger partial charge on any atom is -0.476 e. The summed E-state index contributed by atoms with van der Waals surface area (Å²) in [5, 5.41) is 12.8. The van der Waals surface area contributed by atoms with Crippen LogP contribution in [0.3, 0.4) is 0 Å². The molecule has 0 aliphatic carbocycles. The molecule has 0 unspecified atom stereocenters. The minimum atomic E-state index is -0.712. The molecule has 0 saturated heterocycles. The van der Waals surface area contributed by atoms with Crippen LogP contribution in [-0.4, -0.2) is 28.1 Å². The Labute approximate surface area is 156 Å². The zero-order chi connectivity index (χ0) is 18.4. The van der Waals surface area contributed by atoms with Crippen molar-refractivity contribution in [3.63, 3.8) is 0 Å². The van der Waals surface area contributed by atoms with E-state index in [0.717, 1.165) is 0 Å². The van der Waals surface area contributed by atoms with Gasteiger partial charge in [-0.25, -0.2) is 9.97 Å². The number of nitrogens with two attached hydrogens (primary N) is 1. The van der Waals surface area contributed by atoms with Crippen molar-refractivity contribution < 1.29 is 4.74 Å². The SMILES string of the molecule is CC(C)(C#N)c1ccc(N)c(OCCCNc2nc(Cl)ncc2Cl)n1. The Balaban J connectivity index is 1.89. The highest BCUT2D eigenvalue weighted by molar-refractivity contribution is 6.33. The Hall–Kier alpha value is -2.30. The smallest absolute Gasteiger partial charge is 0.237 e. The number of halogens is 2. The molecule has 0 saturated carbocycles. The minimum absolute atomic E-state index is 0.122. The lowest BCUT2D eigenvalue weighted by Gasteiger charge is -2.16. The number of pyridine rings is 1. The van der Waals surface area contributed by atoms with Crippen LogP contribution in [-0.2, 0) is 5.41 Å². The summed E-state index contributed by atoms with van der Waals surface area (Å²) in [6, 6.07) is 5.63. The van der Waals surface area contributed by atoms with Gasteiger partial charge in [0.05, 0.1) is 35.7 Å². The second kappa shape index (κ2) is 8.19. The zero-order valence-corrected chi connectivity index (χ0v) is 15.4. The third-order valence-electron chi connectivity index (χ3n) is 3.38. The molecule has 2 heterocycles. The quantitative estimate of drug-likeness (QED) is 0.558. The molecule has 0 aliphatic rings. The van der Waals surface area contributed by atoms with Gasteiger partial charge in [0, 0.05) is 6.54 Å². The summed E-state index contributed by atoms with van der Waals surface area (Å²) in [5.74, 6) is 0.793. The molecule has 0 spiro atoms. The predicted octanol–water partition coefficient (Wildman–Crippen LogP) is 3.44. The van der Waals surface area contributed by atoms with E-state index < -0.39 is 5.41 Å². The summed E-state index contributed by atoms with van der Waals surface area (Å²) in [7, 11) is 0. The molecule has 0 aliphatic heterocycles. The van der Waals surface area contributed by atoms with E-state index in [1.165, 1.54) is 6.20 Å². The topological polar surface area (TPSA) is 110 Å². The van der Waals surface area contributed by atoms with Gasteiger partial charge in [0.1, 0.15) is 10.8 Å². The molecule has 3 N–H and O–H groups in total. The van der Waals surface area contributed by atoms with Gasteiger partial charge in [0.25, 0.3) is 0 Å². The maximum absolute atomic E-state index is 9.20. The maximum atomic E-state index is 9.20. The molecular formula is C16H18Cl2N6O. The summed E-state index contributed by atoms with van der Waals surface area (Å²) >= 11 is 11.7. The lowest BCUT2D eigenvalue weighted by molar-refractivity contribution is 0.303. The van der Waals surface area contributed by atoms with Gasteiger partial charge < -0.3 is 15.8 Å². The first-order chi connectivity index (χ1) is 11.8. The van der Waals surface area contributed by atoms with Crippen LogP contribution >= 0.6 is 23.2 Å². The molecule has 9 heteroatoms. The van der Waals surface area contributed by atoms with Crippen molar-refractivity contribution in [2.45, 2.75) is 25.7 Å². The Bertz CT molecular complexity index is 791. The van der Waals surface area contributed by atoms with Crippen LogP contribution in [0.5, 0.6) is 5.88 Å². The van der Waals surface area contributed by atoms with Crippen LogP contribution in [0, 0.1) is 11.3 Å². The van der Waals surface area contributed by atoms with Crippen molar-refractivity contribution >= 4 is 34.7 Å². The molecular weight excluding hydrogens is 363 g/mol. The standard InChI is InChI=1S/C16H18Cl2N6O/c1-16(2,9-19)12-5-4-11(20)14(23-12)25-7-3-6-21-13-10(17)8-22-15(18)24-13/h4-5,8H,3,6-7,20H2,1-2H3,(H,21,22,24).